The molecule has 26 heavy (non-hydrogen) atoms. The van der Waals surface area contributed by atoms with Gasteiger partial charge in [0.05, 0.1) is 6.04 Å². The molecular weight excluding hydrogens is 437 g/mol. The van der Waals surface area contributed by atoms with E-state index in [2.05, 4.69) is 97.5 Å². The maximum atomic E-state index is 4.36. The van der Waals surface area contributed by atoms with Gasteiger partial charge < -0.3 is 15.5 Å². The van der Waals surface area contributed by atoms with Gasteiger partial charge in [0.2, 0.25) is 0 Å². The molecule has 0 saturated heterocycles. The predicted molar refractivity (Wildman–Crippen MR) is 125 cm³/mol. The molecule has 1 rings (SSSR count). The van der Waals surface area contributed by atoms with Gasteiger partial charge in [-0.2, -0.15) is 0 Å². The molecule has 0 spiro atoms. The Bertz CT molecular complexity index is 494. The third kappa shape index (κ3) is 8.68. The summed E-state index contributed by atoms with van der Waals surface area (Å²) < 4.78 is 0. The molecule has 150 valence electrons. The number of rotatable bonds is 9. The lowest BCUT2D eigenvalue weighted by Gasteiger charge is -2.31. The maximum Gasteiger partial charge on any atom is 0.191 e. The van der Waals surface area contributed by atoms with Crippen molar-refractivity contribution in [3.63, 3.8) is 0 Å². The van der Waals surface area contributed by atoms with Gasteiger partial charge in [0.25, 0.3) is 0 Å². The van der Waals surface area contributed by atoms with Crippen molar-refractivity contribution in [1.29, 1.82) is 0 Å². The average molecular weight is 475 g/mol. The minimum atomic E-state index is 0. The number of likely N-dealkylation sites (N-methyl/N-ethyl adjacent to an activating group) is 1. The number of guanidine groups is 1. The number of nitrogens with one attached hydrogen (secondary N) is 2. The van der Waals surface area contributed by atoms with Gasteiger partial charge in [-0.3, -0.25) is 9.89 Å². The molecule has 1 atom stereocenters. The molecule has 0 aromatic heterocycles. The van der Waals surface area contributed by atoms with Crippen molar-refractivity contribution in [2.75, 3.05) is 40.8 Å². The fraction of sp³-hybridized carbons (Fsp3) is 0.650. The second-order valence-corrected chi connectivity index (χ2v) is 7.20. The van der Waals surface area contributed by atoms with Crippen molar-refractivity contribution < 1.29 is 0 Å². The number of hydrogen-bond donors (Lipinski definition) is 2. The van der Waals surface area contributed by atoms with Gasteiger partial charge in [-0.1, -0.05) is 30.3 Å². The second kappa shape index (κ2) is 13.3. The van der Waals surface area contributed by atoms with E-state index in [0.29, 0.717) is 18.1 Å². The van der Waals surface area contributed by atoms with Crippen molar-refractivity contribution >= 4 is 29.9 Å². The Morgan fingerprint density at radius 1 is 1.00 bits per heavy atom. The molecule has 0 aliphatic carbocycles. The highest BCUT2D eigenvalue weighted by Crippen LogP contribution is 2.16. The first-order valence-corrected chi connectivity index (χ1v) is 9.28. The minimum Gasteiger partial charge on any atom is -0.355 e. The molecule has 0 saturated carbocycles. The van der Waals surface area contributed by atoms with E-state index >= 15 is 0 Å². The zero-order valence-corrected chi connectivity index (χ0v) is 19.8. The molecule has 0 fully saturated rings. The van der Waals surface area contributed by atoms with Crippen LogP contribution in [0.5, 0.6) is 0 Å². The summed E-state index contributed by atoms with van der Waals surface area (Å²) in [6.45, 7) is 11.7. The first kappa shape index (κ1) is 25.1. The first-order chi connectivity index (χ1) is 11.9. The van der Waals surface area contributed by atoms with Crippen LogP contribution in [0.3, 0.4) is 0 Å². The number of halogens is 1. The van der Waals surface area contributed by atoms with Gasteiger partial charge in [0.15, 0.2) is 5.96 Å². The van der Waals surface area contributed by atoms with Crippen LogP contribution < -0.4 is 10.6 Å². The van der Waals surface area contributed by atoms with Gasteiger partial charge in [-0.25, -0.2) is 0 Å². The molecular formula is C20H38IN5. The van der Waals surface area contributed by atoms with Crippen LogP contribution in [0.4, 0.5) is 0 Å². The summed E-state index contributed by atoms with van der Waals surface area (Å²) in [6.07, 6.45) is 0. The molecule has 6 heteroatoms. The summed E-state index contributed by atoms with van der Waals surface area (Å²) in [4.78, 5) is 9.07. The van der Waals surface area contributed by atoms with Gasteiger partial charge in [0.1, 0.15) is 0 Å². The lowest BCUT2D eigenvalue weighted by atomic mass is 10.1. The van der Waals surface area contributed by atoms with Crippen molar-refractivity contribution in [3.05, 3.63) is 35.9 Å². The topological polar surface area (TPSA) is 42.9 Å². The molecule has 0 aliphatic rings. The molecule has 1 unspecified atom stereocenters. The molecule has 0 radical (unpaired) electrons. The van der Waals surface area contributed by atoms with Crippen LogP contribution in [-0.4, -0.2) is 68.6 Å². The van der Waals surface area contributed by atoms with Crippen LogP contribution in [-0.2, 0) is 0 Å². The number of nitrogens with zero attached hydrogens (tertiary/aromatic N) is 3. The highest BCUT2D eigenvalue weighted by molar-refractivity contribution is 14.0. The van der Waals surface area contributed by atoms with E-state index in [-0.39, 0.29) is 24.0 Å². The number of aliphatic imine (C=N–C) groups is 1. The Labute approximate surface area is 177 Å². The van der Waals surface area contributed by atoms with Crippen LogP contribution >= 0.6 is 24.0 Å². The van der Waals surface area contributed by atoms with E-state index < -0.39 is 0 Å². The Hall–Kier alpha value is -0.860. The van der Waals surface area contributed by atoms with E-state index in [1.807, 2.05) is 7.05 Å². The van der Waals surface area contributed by atoms with Gasteiger partial charge in [-0.15, -0.1) is 24.0 Å². The quantitative estimate of drug-likeness (QED) is 0.327. The highest BCUT2D eigenvalue weighted by Gasteiger charge is 2.15. The van der Waals surface area contributed by atoms with Crippen LogP contribution in [0.1, 0.15) is 39.3 Å². The van der Waals surface area contributed by atoms with E-state index in [9.17, 15) is 0 Å². The largest absolute Gasteiger partial charge is 0.355 e. The molecule has 0 heterocycles. The number of hydrogen-bond acceptors (Lipinski definition) is 3. The second-order valence-electron chi connectivity index (χ2n) is 7.20. The predicted octanol–water partition coefficient (Wildman–Crippen LogP) is 3.19. The van der Waals surface area contributed by atoms with E-state index in [0.717, 1.165) is 25.6 Å². The Balaban J connectivity index is 0.00000625. The van der Waals surface area contributed by atoms with Crippen LogP contribution in [0.15, 0.2) is 35.3 Å². The zero-order valence-electron chi connectivity index (χ0n) is 17.5. The third-order valence-corrected chi connectivity index (χ3v) is 4.48. The maximum absolute atomic E-state index is 4.36. The molecule has 1 aromatic rings. The normalized spacial score (nSPS) is 13.3. The van der Waals surface area contributed by atoms with Crippen LogP contribution in [0.25, 0.3) is 0 Å². The summed E-state index contributed by atoms with van der Waals surface area (Å²) in [5, 5.41) is 6.89. The summed E-state index contributed by atoms with van der Waals surface area (Å²) >= 11 is 0. The third-order valence-electron chi connectivity index (χ3n) is 4.48. The summed E-state index contributed by atoms with van der Waals surface area (Å²) in [5.41, 5.74) is 1.31. The molecule has 2 N–H and O–H groups in total. The van der Waals surface area contributed by atoms with Crippen molar-refractivity contribution in [3.8, 4) is 0 Å². The highest BCUT2D eigenvalue weighted by atomic mass is 127. The van der Waals surface area contributed by atoms with Gasteiger partial charge >= 0.3 is 0 Å². The van der Waals surface area contributed by atoms with Crippen molar-refractivity contribution in [2.24, 2.45) is 4.99 Å². The minimum absolute atomic E-state index is 0. The molecule has 0 aliphatic heterocycles. The lowest BCUT2D eigenvalue weighted by Crippen LogP contribution is -2.46. The summed E-state index contributed by atoms with van der Waals surface area (Å²) in [6, 6.07) is 12.0. The van der Waals surface area contributed by atoms with E-state index in [1.54, 1.807) is 0 Å². The Kier molecular flexibility index (Phi) is 12.9. The lowest BCUT2D eigenvalue weighted by molar-refractivity contribution is 0.178. The summed E-state index contributed by atoms with van der Waals surface area (Å²) in [5.74, 6) is 0.857. The fourth-order valence-electron chi connectivity index (χ4n) is 3.10. The fourth-order valence-corrected chi connectivity index (χ4v) is 3.10. The molecule has 0 amide bonds. The zero-order chi connectivity index (χ0) is 18.8. The number of benzene rings is 1. The Morgan fingerprint density at radius 3 is 2.04 bits per heavy atom. The van der Waals surface area contributed by atoms with Crippen molar-refractivity contribution in [1.82, 2.24) is 20.4 Å². The van der Waals surface area contributed by atoms with E-state index in [1.165, 1.54) is 5.56 Å². The average Bonchev–Trinajstić information content (AvgIpc) is 2.56. The monoisotopic (exact) mass is 475 g/mol. The van der Waals surface area contributed by atoms with E-state index in [4.69, 9.17) is 0 Å². The standard InChI is InChI=1S/C20H37N5.HI/c1-16(2)25(17(3)4)14-13-22-20(21-5)23-15-19(24(6)7)18-11-9-8-10-12-18;/h8-12,16-17,19H,13-15H2,1-7H3,(H2,21,22,23);1H. The van der Waals surface area contributed by atoms with Crippen LogP contribution in [0.2, 0.25) is 0 Å². The summed E-state index contributed by atoms with van der Waals surface area (Å²) in [7, 11) is 6.04. The Morgan fingerprint density at radius 2 is 1.58 bits per heavy atom. The molecule has 1 aromatic carbocycles. The van der Waals surface area contributed by atoms with Gasteiger partial charge in [-0.05, 0) is 47.4 Å². The van der Waals surface area contributed by atoms with Crippen LogP contribution in [0, 0.1) is 0 Å². The first-order valence-electron chi connectivity index (χ1n) is 9.28. The van der Waals surface area contributed by atoms with Gasteiger partial charge in [0, 0.05) is 38.8 Å². The molecule has 0 bridgehead atoms. The van der Waals surface area contributed by atoms with Crippen molar-refractivity contribution in [2.45, 2.75) is 45.8 Å². The SMILES string of the molecule is CN=C(NCCN(C(C)C)C(C)C)NCC(c1ccccc1)N(C)C.I. The molecule has 5 nitrogen and oxygen atoms in total. The smallest absolute Gasteiger partial charge is 0.191 e.